The van der Waals surface area contributed by atoms with Crippen molar-refractivity contribution in [2.24, 2.45) is 5.92 Å². The molecule has 1 atom stereocenters. The highest BCUT2D eigenvalue weighted by Gasteiger charge is 2.29. The number of aromatic nitrogens is 1. The van der Waals surface area contributed by atoms with Gasteiger partial charge in [-0.3, -0.25) is 9.78 Å². The predicted molar refractivity (Wildman–Crippen MR) is 80.2 cm³/mol. The molecule has 1 unspecified atom stereocenters. The number of methoxy groups -OCH3 is 1. The Balaban J connectivity index is 1.69. The smallest absolute Gasteiger partial charge is 0.409 e. The lowest BCUT2D eigenvalue weighted by Crippen LogP contribution is -2.42. The predicted octanol–water partition coefficient (Wildman–Crippen LogP) is 2.04. The fourth-order valence-corrected chi connectivity index (χ4v) is 2.58. The van der Waals surface area contributed by atoms with E-state index < -0.39 is 0 Å². The van der Waals surface area contributed by atoms with Crippen molar-refractivity contribution in [1.29, 1.82) is 0 Å². The molecule has 1 aromatic rings. The summed E-state index contributed by atoms with van der Waals surface area (Å²) in [6, 6.07) is 3.90. The van der Waals surface area contributed by atoms with Crippen molar-refractivity contribution in [3.8, 4) is 0 Å². The maximum Gasteiger partial charge on any atom is 0.409 e. The third kappa shape index (κ3) is 4.72. The van der Waals surface area contributed by atoms with Crippen LogP contribution >= 0.6 is 0 Å². The molecule has 0 bridgehead atoms. The zero-order valence-corrected chi connectivity index (χ0v) is 12.9. The molecule has 1 aliphatic rings. The highest BCUT2D eigenvalue weighted by molar-refractivity contribution is 5.74. The SMILES string of the molecule is COC(=O)N1CCCC(C(=O)OCCCc2cccnc2)C1. The first kappa shape index (κ1) is 16.3. The van der Waals surface area contributed by atoms with Crippen LogP contribution in [0.25, 0.3) is 0 Å². The maximum absolute atomic E-state index is 12.1. The Morgan fingerprint density at radius 2 is 2.32 bits per heavy atom. The number of carbonyl (C=O) groups excluding carboxylic acids is 2. The highest BCUT2D eigenvalue weighted by atomic mass is 16.5. The molecule has 6 heteroatoms. The van der Waals surface area contributed by atoms with E-state index in [4.69, 9.17) is 9.47 Å². The van der Waals surface area contributed by atoms with E-state index in [1.807, 2.05) is 18.3 Å². The fraction of sp³-hybridized carbons (Fsp3) is 0.562. The van der Waals surface area contributed by atoms with E-state index in [9.17, 15) is 9.59 Å². The Bertz CT molecular complexity index is 492. The van der Waals surface area contributed by atoms with Crippen LogP contribution in [0.2, 0.25) is 0 Å². The molecule has 22 heavy (non-hydrogen) atoms. The molecular weight excluding hydrogens is 284 g/mol. The Morgan fingerprint density at radius 1 is 1.45 bits per heavy atom. The molecule has 0 spiro atoms. The number of likely N-dealkylation sites (tertiary alicyclic amines) is 1. The lowest BCUT2D eigenvalue weighted by Gasteiger charge is -2.30. The minimum Gasteiger partial charge on any atom is -0.465 e. The normalized spacial score (nSPS) is 17.9. The van der Waals surface area contributed by atoms with Crippen molar-refractivity contribution >= 4 is 12.1 Å². The lowest BCUT2D eigenvalue weighted by molar-refractivity contribution is -0.150. The van der Waals surface area contributed by atoms with Gasteiger partial charge in [0.05, 0.1) is 19.6 Å². The number of hydrogen-bond donors (Lipinski definition) is 0. The second-order valence-corrected chi connectivity index (χ2v) is 5.39. The second-order valence-electron chi connectivity index (χ2n) is 5.39. The summed E-state index contributed by atoms with van der Waals surface area (Å²) >= 11 is 0. The van der Waals surface area contributed by atoms with E-state index >= 15 is 0 Å². The summed E-state index contributed by atoms with van der Waals surface area (Å²) in [4.78, 5) is 29.2. The molecule has 1 aromatic heterocycles. The summed E-state index contributed by atoms with van der Waals surface area (Å²) in [5.41, 5.74) is 1.13. The molecule has 1 saturated heterocycles. The molecule has 6 nitrogen and oxygen atoms in total. The Hall–Kier alpha value is -2.11. The molecule has 0 aliphatic carbocycles. The van der Waals surface area contributed by atoms with Crippen LogP contribution in [0.5, 0.6) is 0 Å². The van der Waals surface area contributed by atoms with Crippen molar-refractivity contribution in [1.82, 2.24) is 9.88 Å². The van der Waals surface area contributed by atoms with E-state index in [1.54, 1.807) is 11.1 Å². The Labute approximate surface area is 130 Å². The maximum atomic E-state index is 12.1. The second kappa shape index (κ2) is 8.36. The van der Waals surface area contributed by atoms with Crippen LogP contribution in [-0.4, -0.2) is 48.8 Å². The van der Waals surface area contributed by atoms with Crippen LogP contribution in [0.3, 0.4) is 0 Å². The minimum absolute atomic E-state index is 0.222. The van der Waals surface area contributed by atoms with Crippen LogP contribution in [0, 0.1) is 5.92 Å². The Kier molecular flexibility index (Phi) is 6.18. The summed E-state index contributed by atoms with van der Waals surface area (Å²) in [6.45, 7) is 1.41. The molecule has 1 fully saturated rings. The molecule has 2 rings (SSSR count). The van der Waals surface area contributed by atoms with Gasteiger partial charge in [0, 0.05) is 25.5 Å². The van der Waals surface area contributed by atoms with Crippen LogP contribution < -0.4 is 0 Å². The van der Waals surface area contributed by atoms with Gasteiger partial charge in [-0.15, -0.1) is 0 Å². The molecule has 0 N–H and O–H groups in total. The van der Waals surface area contributed by atoms with Crippen LogP contribution in [-0.2, 0) is 20.7 Å². The molecule has 120 valence electrons. The van der Waals surface area contributed by atoms with Gasteiger partial charge >= 0.3 is 12.1 Å². The molecule has 1 aliphatic heterocycles. The summed E-state index contributed by atoms with van der Waals surface area (Å²) in [5, 5.41) is 0. The van der Waals surface area contributed by atoms with Crippen LogP contribution in [0.15, 0.2) is 24.5 Å². The van der Waals surface area contributed by atoms with E-state index in [0.717, 1.165) is 31.2 Å². The van der Waals surface area contributed by atoms with Crippen molar-refractivity contribution in [3.63, 3.8) is 0 Å². The number of nitrogens with zero attached hydrogens (tertiary/aromatic N) is 2. The first-order chi connectivity index (χ1) is 10.7. The Morgan fingerprint density at radius 3 is 3.05 bits per heavy atom. The summed E-state index contributed by atoms with van der Waals surface area (Å²) < 4.78 is 10.0. The zero-order chi connectivity index (χ0) is 15.8. The minimum atomic E-state index is -0.380. The zero-order valence-electron chi connectivity index (χ0n) is 12.9. The number of pyridine rings is 1. The van der Waals surface area contributed by atoms with E-state index in [0.29, 0.717) is 19.7 Å². The summed E-state index contributed by atoms with van der Waals surface area (Å²) in [6.07, 6.45) is 6.33. The number of carbonyl (C=O) groups is 2. The van der Waals surface area contributed by atoms with Crippen molar-refractivity contribution < 1.29 is 19.1 Å². The van der Waals surface area contributed by atoms with Crippen molar-refractivity contribution in [3.05, 3.63) is 30.1 Å². The van der Waals surface area contributed by atoms with Gasteiger partial charge in [-0.2, -0.15) is 0 Å². The molecular formula is C16H22N2O4. The first-order valence-corrected chi connectivity index (χ1v) is 7.59. The number of ether oxygens (including phenoxy) is 2. The number of piperidine rings is 1. The monoisotopic (exact) mass is 306 g/mol. The largest absolute Gasteiger partial charge is 0.465 e. The number of rotatable bonds is 5. The van der Waals surface area contributed by atoms with Gasteiger partial charge < -0.3 is 14.4 Å². The molecule has 1 amide bonds. The molecule has 0 saturated carbocycles. The molecule has 0 radical (unpaired) electrons. The highest BCUT2D eigenvalue weighted by Crippen LogP contribution is 2.18. The third-order valence-electron chi connectivity index (χ3n) is 3.76. The average molecular weight is 306 g/mol. The number of aryl methyl sites for hydroxylation is 1. The van der Waals surface area contributed by atoms with Crippen molar-refractivity contribution in [2.45, 2.75) is 25.7 Å². The van der Waals surface area contributed by atoms with Crippen LogP contribution in [0.1, 0.15) is 24.8 Å². The van der Waals surface area contributed by atoms with Gasteiger partial charge in [-0.25, -0.2) is 4.79 Å². The first-order valence-electron chi connectivity index (χ1n) is 7.59. The average Bonchev–Trinajstić information content (AvgIpc) is 2.59. The van der Waals surface area contributed by atoms with Gasteiger partial charge in [0.15, 0.2) is 0 Å². The number of hydrogen-bond acceptors (Lipinski definition) is 5. The molecule has 2 heterocycles. The summed E-state index contributed by atoms with van der Waals surface area (Å²) in [5.74, 6) is -0.467. The topological polar surface area (TPSA) is 68.7 Å². The van der Waals surface area contributed by atoms with E-state index in [2.05, 4.69) is 4.98 Å². The fourth-order valence-electron chi connectivity index (χ4n) is 2.58. The van der Waals surface area contributed by atoms with Gasteiger partial charge in [0.2, 0.25) is 0 Å². The van der Waals surface area contributed by atoms with Crippen molar-refractivity contribution in [2.75, 3.05) is 26.8 Å². The summed E-state index contributed by atoms with van der Waals surface area (Å²) in [7, 11) is 1.35. The van der Waals surface area contributed by atoms with Gasteiger partial charge in [-0.05, 0) is 37.3 Å². The quantitative estimate of drug-likeness (QED) is 0.615. The van der Waals surface area contributed by atoms with E-state index in [-0.39, 0.29) is 18.0 Å². The van der Waals surface area contributed by atoms with Gasteiger partial charge in [-0.1, -0.05) is 6.07 Å². The molecule has 0 aromatic carbocycles. The van der Waals surface area contributed by atoms with E-state index in [1.165, 1.54) is 7.11 Å². The lowest BCUT2D eigenvalue weighted by atomic mass is 9.98. The van der Waals surface area contributed by atoms with Gasteiger partial charge in [0.25, 0.3) is 0 Å². The van der Waals surface area contributed by atoms with Gasteiger partial charge in [0.1, 0.15) is 0 Å². The number of esters is 1. The number of amides is 1. The standard InChI is InChI=1S/C16H22N2O4/c1-21-16(20)18-9-3-7-14(12-18)15(19)22-10-4-6-13-5-2-8-17-11-13/h2,5,8,11,14H,3-4,6-7,9-10,12H2,1H3. The third-order valence-corrected chi connectivity index (χ3v) is 3.76. The van der Waals surface area contributed by atoms with Crippen LogP contribution in [0.4, 0.5) is 4.79 Å².